The summed E-state index contributed by atoms with van der Waals surface area (Å²) in [4.78, 5) is 0. The summed E-state index contributed by atoms with van der Waals surface area (Å²) in [5.41, 5.74) is 0.720. The molecule has 19 heavy (non-hydrogen) atoms. The van der Waals surface area contributed by atoms with Gasteiger partial charge in [0.15, 0.2) is 0 Å². The molecule has 0 bridgehead atoms. The Labute approximate surface area is 111 Å². The molecule has 0 amide bonds. The van der Waals surface area contributed by atoms with Crippen molar-refractivity contribution < 1.29 is 13.9 Å². The summed E-state index contributed by atoms with van der Waals surface area (Å²) in [7, 11) is 3.21. The van der Waals surface area contributed by atoms with Crippen LogP contribution in [0.5, 0.6) is 11.5 Å². The van der Waals surface area contributed by atoms with Crippen molar-refractivity contribution >= 4 is 0 Å². The maximum atomic E-state index is 5.59. The van der Waals surface area contributed by atoms with Crippen LogP contribution in [0.3, 0.4) is 0 Å². The third-order valence-corrected chi connectivity index (χ3v) is 2.63. The number of nitrogens with zero attached hydrogens (tertiary/aromatic N) is 2. The normalized spacial score (nSPS) is 10.5. The molecule has 0 saturated heterocycles. The first-order chi connectivity index (χ1) is 9.28. The maximum absolute atomic E-state index is 5.59. The van der Waals surface area contributed by atoms with Crippen LogP contribution < -0.4 is 14.8 Å². The molecule has 0 saturated carbocycles. The van der Waals surface area contributed by atoms with E-state index in [4.69, 9.17) is 13.9 Å². The summed E-state index contributed by atoms with van der Waals surface area (Å²) in [5.74, 6) is 2.34. The van der Waals surface area contributed by atoms with Crippen LogP contribution in [0.4, 0.5) is 0 Å². The van der Waals surface area contributed by atoms with Gasteiger partial charge in [0.05, 0.1) is 26.3 Å². The fourth-order valence-electron chi connectivity index (χ4n) is 1.65. The van der Waals surface area contributed by atoms with E-state index in [0.717, 1.165) is 12.1 Å². The van der Waals surface area contributed by atoms with Gasteiger partial charge in [-0.05, 0) is 24.7 Å². The number of ether oxygens (including phenoxy) is 2. The summed E-state index contributed by atoms with van der Waals surface area (Å²) in [6.45, 7) is 3.42. The Hall–Kier alpha value is -2.08. The first-order valence-corrected chi connectivity index (χ1v) is 6.04. The van der Waals surface area contributed by atoms with Crippen LogP contribution in [0.15, 0.2) is 22.6 Å². The predicted octanol–water partition coefficient (Wildman–Crippen LogP) is 1.86. The fourth-order valence-corrected chi connectivity index (χ4v) is 1.65. The van der Waals surface area contributed by atoms with Gasteiger partial charge in [-0.2, -0.15) is 0 Å². The minimum Gasteiger partial charge on any atom is -0.497 e. The Morgan fingerprint density at radius 1 is 1.21 bits per heavy atom. The number of nitrogens with one attached hydrogen (secondary N) is 1. The molecule has 1 aromatic heterocycles. The average molecular weight is 263 g/mol. The zero-order chi connectivity index (χ0) is 13.7. The van der Waals surface area contributed by atoms with Gasteiger partial charge in [0.1, 0.15) is 11.5 Å². The highest BCUT2D eigenvalue weighted by atomic mass is 16.5. The zero-order valence-corrected chi connectivity index (χ0v) is 11.3. The van der Waals surface area contributed by atoms with Crippen LogP contribution in [-0.4, -0.2) is 31.0 Å². The SMILES string of the molecule is CCNCc1nnc(-c2cc(OC)ccc2OC)o1. The lowest BCUT2D eigenvalue weighted by Gasteiger charge is -2.07. The molecule has 102 valence electrons. The lowest BCUT2D eigenvalue weighted by atomic mass is 10.2. The van der Waals surface area contributed by atoms with E-state index in [1.54, 1.807) is 14.2 Å². The van der Waals surface area contributed by atoms with Crippen LogP contribution in [0.25, 0.3) is 11.5 Å². The van der Waals surface area contributed by atoms with Gasteiger partial charge in [0, 0.05) is 0 Å². The Kier molecular flexibility index (Phi) is 4.35. The van der Waals surface area contributed by atoms with Gasteiger partial charge in [-0.1, -0.05) is 6.92 Å². The van der Waals surface area contributed by atoms with Crippen molar-refractivity contribution in [3.8, 4) is 23.0 Å². The second-order valence-corrected chi connectivity index (χ2v) is 3.85. The van der Waals surface area contributed by atoms with Gasteiger partial charge in [0.25, 0.3) is 5.89 Å². The van der Waals surface area contributed by atoms with E-state index in [2.05, 4.69) is 15.5 Å². The highest BCUT2D eigenvalue weighted by Crippen LogP contribution is 2.32. The van der Waals surface area contributed by atoms with Gasteiger partial charge in [-0.3, -0.25) is 0 Å². The van der Waals surface area contributed by atoms with Crippen LogP contribution >= 0.6 is 0 Å². The quantitative estimate of drug-likeness (QED) is 0.858. The monoisotopic (exact) mass is 263 g/mol. The number of hydrogen-bond acceptors (Lipinski definition) is 6. The third kappa shape index (κ3) is 3.03. The van der Waals surface area contributed by atoms with E-state index in [1.165, 1.54) is 0 Å². The topological polar surface area (TPSA) is 69.4 Å². The third-order valence-electron chi connectivity index (χ3n) is 2.63. The van der Waals surface area contributed by atoms with E-state index >= 15 is 0 Å². The summed E-state index contributed by atoms with van der Waals surface area (Å²) < 4.78 is 16.1. The summed E-state index contributed by atoms with van der Waals surface area (Å²) in [5, 5.41) is 11.1. The molecule has 0 atom stereocenters. The number of hydrogen-bond donors (Lipinski definition) is 1. The Bertz CT molecular complexity index is 540. The molecule has 0 fully saturated rings. The van der Waals surface area contributed by atoms with Crippen LogP contribution in [-0.2, 0) is 6.54 Å². The average Bonchev–Trinajstić information content (AvgIpc) is 2.93. The molecule has 1 N–H and O–H groups in total. The molecular weight excluding hydrogens is 246 g/mol. The first-order valence-electron chi connectivity index (χ1n) is 6.04. The van der Waals surface area contributed by atoms with Crippen LogP contribution in [0.1, 0.15) is 12.8 Å². The molecule has 6 heteroatoms. The van der Waals surface area contributed by atoms with Gasteiger partial charge in [-0.25, -0.2) is 0 Å². The van der Waals surface area contributed by atoms with Crippen molar-refractivity contribution in [2.24, 2.45) is 0 Å². The minimum absolute atomic E-state index is 0.420. The van der Waals surface area contributed by atoms with Crippen LogP contribution in [0.2, 0.25) is 0 Å². The first kappa shape index (κ1) is 13.4. The van der Waals surface area contributed by atoms with Gasteiger partial charge in [0.2, 0.25) is 5.89 Å². The van der Waals surface area contributed by atoms with Crippen molar-refractivity contribution in [1.82, 2.24) is 15.5 Å². The lowest BCUT2D eigenvalue weighted by molar-refractivity contribution is 0.402. The molecule has 2 rings (SSSR count). The fraction of sp³-hybridized carbons (Fsp3) is 0.385. The molecule has 1 aromatic carbocycles. The van der Waals surface area contributed by atoms with Crippen molar-refractivity contribution in [2.75, 3.05) is 20.8 Å². The molecule has 6 nitrogen and oxygen atoms in total. The van der Waals surface area contributed by atoms with Crippen molar-refractivity contribution in [2.45, 2.75) is 13.5 Å². The standard InChI is InChI=1S/C13H17N3O3/c1-4-14-8-12-15-16-13(19-12)10-7-9(17-2)5-6-11(10)18-3/h5-7,14H,4,8H2,1-3H3. The molecule has 0 spiro atoms. The molecule has 1 heterocycles. The highest BCUT2D eigenvalue weighted by Gasteiger charge is 2.14. The molecule has 2 aromatic rings. The Balaban J connectivity index is 2.31. The Morgan fingerprint density at radius 2 is 2.05 bits per heavy atom. The van der Waals surface area contributed by atoms with Crippen molar-refractivity contribution in [3.63, 3.8) is 0 Å². The highest BCUT2D eigenvalue weighted by molar-refractivity contribution is 5.64. The summed E-state index contributed by atoms with van der Waals surface area (Å²) in [6, 6.07) is 5.43. The molecule has 0 aliphatic rings. The number of methoxy groups -OCH3 is 2. The number of rotatable bonds is 6. The van der Waals surface area contributed by atoms with E-state index in [9.17, 15) is 0 Å². The summed E-state index contributed by atoms with van der Waals surface area (Å²) >= 11 is 0. The zero-order valence-electron chi connectivity index (χ0n) is 11.3. The van der Waals surface area contributed by atoms with E-state index in [0.29, 0.717) is 29.8 Å². The summed E-state index contributed by atoms with van der Waals surface area (Å²) in [6.07, 6.45) is 0. The minimum atomic E-state index is 0.420. The Morgan fingerprint density at radius 3 is 2.74 bits per heavy atom. The molecule has 0 unspecified atom stereocenters. The van der Waals surface area contributed by atoms with Gasteiger partial charge in [-0.15, -0.1) is 10.2 Å². The van der Waals surface area contributed by atoms with Crippen molar-refractivity contribution in [1.29, 1.82) is 0 Å². The van der Waals surface area contributed by atoms with E-state index < -0.39 is 0 Å². The smallest absolute Gasteiger partial charge is 0.251 e. The molecule has 0 aliphatic carbocycles. The van der Waals surface area contributed by atoms with Gasteiger partial charge < -0.3 is 19.2 Å². The molecule has 0 radical (unpaired) electrons. The lowest BCUT2D eigenvalue weighted by Crippen LogP contribution is -2.11. The second kappa shape index (κ2) is 6.19. The molecular formula is C13H17N3O3. The molecule has 0 aliphatic heterocycles. The second-order valence-electron chi connectivity index (χ2n) is 3.85. The largest absolute Gasteiger partial charge is 0.497 e. The van der Waals surface area contributed by atoms with E-state index in [1.807, 2.05) is 25.1 Å². The number of benzene rings is 1. The van der Waals surface area contributed by atoms with E-state index in [-0.39, 0.29) is 0 Å². The van der Waals surface area contributed by atoms with Crippen molar-refractivity contribution in [3.05, 3.63) is 24.1 Å². The maximum Gasteiger partial charge on any atom is 0.251 e. The van der Waals surface area contributed by atoms with Crippen LogP contribution in [0, 0.1) is 0 Å². The van der Waals surface area contributed by atoms with Gasteiger partial charge >= 0.3 is 0 Å². The number of aromatic nitrogens is 2. The predicted molar refractivity (Wildman–Crippen MR) is 70.2 cm³/mol.